The SMILES string of the molecule is CCN(C(=O)c1ccc(=O)[nH]c1)[C@@H](c1ccc(Cl)c(Cl)c1)c1ncccc1F. The number of rotatable bonds is 5. The Labute approximate surface area is 170 Å². The van der Waals surface area contributed by atoms with Gasteiger partial charge < -0.3 is 9.88 Å². The maximum Gasteiger partial charge on any atom is 0.256 e. The molecule has 28 heavy (non-hydrogen) atoms. The number of aromatic amines is 1. The normalized spacial score (nSPS) is 11.9. The number of nitrogens with one attached hydrogen (secondary N) is 1. The summed E-state index contributed by atoms with van der Waals surface area (Å²) in [6.07, 6.45) is 2.79. The van der Waals surface area contributed by atoms with Crippen LogP contribution in [-0.2, 0) is 0 Å². The van der Waals surface area contributed by atoms with E-state index < -0.39 is 11.9 Å². The number of benzene rings is 1. The number of nitrogens with zero attached hydrogens (tertiary/aromatic N) is 2. The number of amides is 1. The van der Waals surface area contributed by atoms with E-state index in [1.165, 1.54) is 41.6 Å². The minimum atomic E-state index is -0.833. The summed E-state index contributed by atoms with van der Waals surface area (Å²) in [6, 6.07) is 9.46. The van der Waals surface area contributed by atoms with Crippen LogP contribution in [0.1, 0.15) is 34.6 Å². The Balaban J connectivity index is 2.14. The van der Waals surface area contributed by atoms with E-state index >= 15 is 0 Å². The van der Waals surface area contributed by atoms with E-state index in [1.54, 1.807) is 25.1 Å². The fourth-order valence-electron chi connectivity index (χ4n) is 2.92. The van der Waals surface area contributed by atoms with Crippen LogP contribution >= 0.6 is 23.2 Å². The Morgan fingerprint density at radius 3 is 2.61 bits per heavy atom. The van der Waals surface area contributed by atoms with Gasteiger partial charge in [-0.1, -0.05) is 29.3 Å². The number of hydrogen-bond donors (Lipinski definition) is 1. The zero-order valence-corrected chi connectivity index (χ0v) is 16.3. The molecular weight excluding hydrogens is 404 g/mol. The molecule has 0 radical (unpaired) electrons. The molecule has 0 aliphatic carbocycles. The highest BCUT2D eigenvalue weighted by Crippen LogP contribution is 2.33. The van der Waals surface area contributed by atoms with Crippen LogP contribution in [0.3, 0.4) is 0 Å². The second kappa shape index (κ2) is 8.54. The zero-order chi connectivity index (χ0) is 20.3. The predicted molar refractivity (Wildman–Crippen MR) is 106 cm³/mol. The number of H-pyrrole nitrogens is 1. The lowest BCUT2D eigenvalue weighted by molar-refractivity contribution is 0.0711. The summed E-state index contributed by atoms with van der Waals surface area (Å²) in [4.78, 5) is 32.5. The minimum Gasteiger partial charge on any atom is -0.328 e. The van der Waals surface area contributed by atoms with Gasteiger partial charge in [0.15, 0.2) is 0 Å². The first kappa shape index (κ1) is 20.0. The first-order valence-corrected chi connectivity index (χ1v) is 9.23. The largest absolute Gasteiger partial charge is 0.328 e. The molecule has 1 atom stereocenters. The van der Waals surface area contributed by atoms with E-state index in [-0.39, 0.29) is 34.3 Å². The van der Waals surface area contributed by atoms with Crippen molar-refractivity contribution in [3.8, 4) is 0 Å². The van der Waals surface area contributed by atoms with Crippen molar-refractivity contribution in [2.24, 2.45) is 0 Å². The molecule has 2 heterocycles. The van der Waals surface area contributed by atoms with Gasteiger partial charge in [0, 0.05) is 25.0 Å². The van der Waals surface area contributed by atoms with Crippen LogP contribution in [0, 0.1) is 5.82 Å². The Morgan fingerprint density at radius 2 is 2.00 bits per heavy atom. The van der Waals surface area contributed by atoms with E-state index in [9.17, 15) is 14.0 Å². The van der Waals surface area contributed by atoms with Crippen LogP contribution in [0.15, 0.2) is 59.7 Å². The standard InChI is InChI=1S/C20H16Cl2FN3O2/c1-2-26(20(28)13-6-8-17(27)25-11-13)19(18-16(23)4-3-9-24-18)12-5-7-14(21)15(22)10-12/h3-11,19H,2H2,1H3,(H,25,27)/t19-/m0/s1. The smallest absolute Gasteiger partial charge is 0.256 e. The molecule has 1 amide bonds. The van der Waals surface area contributed by atoms with Crippen molar-refractivity contribution in [2.45, 2.75) is 13.0 Å². The van der Waals surface area contributed by atoms with Gasteiger partial charge in [0.05, 0.1) is 15.6 Å². The van der Waals surface area contributed by atoms with Crippen molar-refractivity contribution in [3.63, 3.8) is 0 Å². The van der Waals surface area contributed by atoms with E-state index in [0.717, 1.165) is 0 Å². The fourth-order valence-corrected chi connectivity index (χ4v) is 3.23. The first-order valence-electron chi connectivity index (χ1n) is 8.47. The average Bonchev–Trinajstić information content (AvgIpc) is 2.69. The molecule has 5 nitrogen and oxygen atoms in total. The van der Waals surface area contributed by atoms with Gasteiger partial charge in [0.25, 0.3) is 5.91 Å². The van der Waals surface area contributed by atoms with Crippen molar-refractivity contribution in [2.75, 3.05) is 6.54 Å². The summed E-state index contributed by atoms with van der Waals surface area (Å²) in [6.45, 7) is 2.04. The predicted octanol–water partition coefficient (Wildman–Crippen LogP) is 4.47. The second-order valence-corrected chi connectivity index (χ2v) is 6.79. The highest BCUT2D eigenvalue weighted by Gasteiger charge is 2.30. The van der Waals surface area contributed by atoms with Gasteiger partial charge >= 0.3 is 0 Å². The van der Waals surface area contributed by atoms with Crippen molar-refractivity contribution in [1.29, 1.82) is 0 Å². The van der Waals surface area contributed by atoms with Gasteiger partial charge in [-0.05, 0) is 42.8 Å². The molecule has 0 aliphatic heterocycles. The molecular formula is C20H16Cl2FN3O2. The monoisotopic (exact) mass is 419 g/mol. The number of pyridine rings is 2. The molecule has 2 aromatic heterocycles. The molecule has 0 unspecified atom stereocenters. The summed E-state index contributed by atoms with van der Waals surface area (Å²) >= 11 is 12.2. The number of carbonyl (C=O) groups excluding carboxylic acids is 1. The Hall–Kier alpha value is -2.70. The van der Waals surface area contributed by atoms with E-state index in [0.29, 0.717) is 10.6 Å². The van der Waals surface area contributed by atoms with Crippen molar-refractivity contribution >= 4 is 29.1 Å². The fraction of sp³-hybridized carbons (Fsp3) is 0.150. The maximum absolute atomic E-state index is 14.6. The van der Waals surface area contributed by atoms with Crippen molar-refractivity contribution < 1.29 is 9.18 Å². The van der Waals surface area contributed by atoms with Gasteiger partial charge in [-0.3, -0.25) is 14.6 Å². The molecule has 0 bridgehead atoms. The molecule has 3 rings (SSSR count). The number of aromatic nitrogens is 2. The molecule has 1 aromatic carbocycles. The molecule has 3 aromatic rings. The molecule has 0 spiro atoms. The quantitative estimate of drug-likeness (QED) is 0.663. The van der Waals surface area contributed by atoms with Crippen LogP contribution in [0.2, 0.25) is 10.0 Å². The maximum atomic E-state index is 14.6. The molecule has 8 heteroatoms. The van der Waals surface area contributed by atoms with Crippen LogP contribution in [0.4, 0.5) is 4.39 Å². The molecule has 0 saturated heterocycles. The summed E-state index contributed by atoms with van der Waals surface area (Å²) < 4.78 is 14.6. The lowest BCUT2D eigenvalue weighted by atomic mass is 9.99. The Bertz CT molecular complexity index is 1050. The number of halogens is 3. The van der Waals surface area contributed by atoms with Crippen LogP contribution in [-0.4, -0.2) is 27.3 Å². The van der Waals surface area contributed by atoms with Crippen LogP contribution in [0.5, 0.6) is 0 Å². The van der Waals surface area contributed by atoms with E-state index in [4.69, 9.17) is 23.2 Å². The average molecular weight is 420 g/mol. The Morgan fingerprint density at radius 1 is 1.21 bits per heavy atom. The summed E-state index contributed by atoms with van der Waals surface area (Å²) in [7, 11) is 0. The third kappa shape index (κ3) is 4.08. The van der Waals surface area contributed by atoms with Crippen LogP contribution < -0.4 is 5.56 Å². The number of carbonyl (C=O) groups is 1. The zero-order valence-electron chi connectivity index (χ0n) is 14.8. The van der Waals surface area contributed by atoms with E-state index in [1.807, 2.05) is 0 Å². The molecule has 0 saturated carbocycles. The first-order chi connectivity index (χ1) is 13.4. The lowest BCUT2D eigenvalue weighted by Gasteiger charge is -2.31. The lowest BCUT2D eigenvalue weighted by Crippen LogP contribution is -2.36. The van der Waals surface area contributed by atoms with Gasteiger partial charge in [0.1, 0.15) is 17.6 Å². The summed E-state index contributed by atoms with van der Waals surface area (Å²) in [5.74, 6) is -0.939. The minimum absolute atomic E-state index is 0.0838. The Kier molecular flexibility index (Phi) is 6.11. The topological polar surface area (TPSA) is 66.1 Å². The molecule has 144 valence electrons. The number of hydrogen-bond acceptors (Lipinski definition) is 3. The van der Waals surface area contributed by atoms with Gasteiger partial charge in [-0.15, -0.1) is 0 Å². The highest BCUT2D eigenvalue weighted by molar-refractivity contribution is 6.42. The van der Waals surface area contributed by atoms with Crippen molar-refractivity contribution in [3.05, 3.63) is 97.9 Å². The summed E-state index contributed by atoms with van der Waals surface area (Å²) in [5, 5.41) is 0.633. The molecule has 1 N–H and O–H groups in total. The van der Waals surface area contributed by atoms with Gasteiger partial charge in [0.2, 0.25) is 5.56 Å². The molecule has 0 aliphatic rings. The van der Waals surface area contributed by atoms with Gasteiger partial charge in [-0.2, -0.15) is 0 Å². The third-order valence-electron chi connectivity index (χ3n) is 4.25. The highest BCUT2D eigenvalue weighted by atomic mass is 35.5. The third-order valence-corrected chi connectivity index (χ3v) is 4.99. The summed E-state index contributed by atoms with van der Waals surface area (Å²) in [5.41, 5.74) is 0.589. The van der Waals surface area contributed by atoms with Crippen LogP contribution in [0.25, 0.3) is 0 Å². The molecule has 0 fully saturated rings. The van der Waals surface area contributed by atoms with Gasteiger partial charge in [-0.25, -0.2) is 4.39 Å². The van der Waals surface area contributed by atoms with E-state index in [2.05, 4.69) is 9.97 Å². The second-order valence-electron chi connectivity index (χ2n) is 5.98. The van der Waals surface area contributed by atoms with Crippen molar-refractivity contribution in [1.82, 2.24) is 14.9 Å².